The number of benzene rings is 4. The van der Waals surface area contributed by atoms with Crippen molar-refractivity contribution in [1.29, 1.82) is 0 Å². The molecule has 0 unspecified atom stereocenters. The molecule has 0 saturated carbocycles. The number of carbonyl (C=O) groups excluding carboxylic acids is 1. The number of aryl methyl sites for hydroxylation is 1. The molecule has 0 atom stereocenters. The van der Waals surface area contributed by atoms with Crippen molar-refractivity contribution in [3.05, 3.63) is 118 Å². The Labute approximate surface area is 218 Å². The highest BCUT2D eigenvalue weighted by atomic mass is 35.5. The molecular weight excluding hydrogens is 495 g/mol. The maximum atomic E-state index is 13.1. The summed E-state index contributed by atoms with van der Waals surface area (Å²) in [6.45, 7) is 1.99. The fourth-order valence-electron chi connectivity index (χ4n) is 3.59. The quantitative estimate of drug-likeness (QED) is 0.253. The van der Waals surface area contributed by atoms with Gasteiger partial charge in [0.25, 0.3) is 5.91 Å². The molecule has 1 amide bonds. The molecule has 6 nitrogen and oxygen atoms in total. The number of hydrogen-bond acceptors (Lipinski definition) is 4. The molecule has 178 valence electrons. The highest BCUT2D eigenvalue weighted by molar-refractivity contribution is 6.42. The number of aromatic nitrogens is 3. The molecule has 8 heteroatoms. The average molecular weight is 515 g/mol. The maximum Gasteiger partial charge on any atom is 0.295 e. The number of para-hydroxylation sites is 1. The minimum Gasteiger partial charge on any atom is -0.457 e. The first-order valence-electron chi connectivity index (χ1n) is 11.1. The standard InChI is InChI=1S/C28H20Cl2N4O2/c1-18-6-5-7-19(16-18)27-32-26(33-34(27)21-12-15-24(29)25(30)17-21)28(35)31-20-10-13-23(14-11-20)36-22-8-3-2-4-9-22/h2-17H,1H3,(H,31,35). The Balaban J connectivity index is 1.42. The molecule has 0 aliphatic rings. The predicted octanol–water partition coefficient (Wildman–Crippen LogP) is 7.59. The first-order valence-corrected chi connectivity index (χ1v) is 11.9. The minimum atomic E-state index is -0.445. The Morgan fingerprint density at radius 2 is 1.58 bits per heavy atom. The van der Waals surface area contributed by atoms with Crippen LogP contribution in [0.25, 0.3) is 17.1 Å². The normalized spacial score (nSPS) is 10.8. The van der Waals surface area contributed by atoms with Gasteiger partial charge in [0.2, 0.25) is 5.82 Å². The van der Waals surface area contributed by atoms with Crippen LogP contribution in [0.3, 0.4) is 0 Å². The number of amides is 1. The summed E-state index contributed by atoms with van der Waals surface area (Å²) >= 11 is 12.3. The highest BCUT2D eigenvalue weighted by Gasteiger charge is 2.20. The Morgan fingerprint density at radius 1 is 0.833 bits per heavy atom. The first kappa shape index (κ1) is 23.6. The van der Waals surface area contributed by atoms with Gasteiger partial charge in [-0.25, -0.2) is 9.67 Å². The van der Waals surface area contributed by atoms with Crippen molar-refractivity contribution >= 4 is 34.8 Å². The first-order chi connectivity index (χ1) is 17.5. The number of ether oxygens (including phenoxy) is 1. The number of nitrogens with zero attached hydrogens (tertiary/aromatic N) is 3. The largest absolute Gasteiger partial charge is 0.457 e. The van der Waals surface area contributed by atoms with E-state index >= 15 is 0 Å². The second-order valence-electron chi connectivity index (χ2n) is 8.03. The van der Waals surface area contributed by atoms with Gasteiger partial charge in [-0.2, -0.15) is 0 Å². The van der Waals surface area contributed by atoms with Gasteiger partial charge in [0, 0.05) is 11.3 Å². The average Bonchev–Trinajstić information content (AvgIpc) is 3.33. The van der Waals surface area contributed by atoms with Crippen LogP contribution in [0, 0.1) is 6.92 Å². The lowest BCUT2D eigenvalue weighted by molar-refractivity contribution is 0.101. The summed E-state index contributed by atoms with van der Waals surface area (Å²) in [5.74, 6) is 1.47. The smallest absolute Gasteiger partial charge is 0.295 e. The van der Waals surface area contributed by atoms with Crippen molar-refractivity contribution in [3.63, 3.8) is 0 Å². The second-order valence-corrected chi connectivity index (χ2v) is 8.85. The Bertz CT molecular complexity index is 1530. The van der Waals surface area contributed by atoms with Crippen molar-refractivity contribution < 1.29 is 9.53 Å². The molecule has 5 rings (SSSR count). The second kappa shape index (κ2) is 10.2. The summed E-state index contributed by atoms with van der Waals surface area (Å²) in [6.07, 6.45) is 0. The molecule has 0 radical (unpaired) electrons. The topological polar surface area (TPSA) is 69.0 Å². The lowest BCUT2D eigenvalue weighted by Gasteiger charge is -2.07. The summed E-state index contributed by atoms with van der Waals surface area (Å²) in [5.41, 5.74) is 3.09. The number of halogens is 2. The maximum absolute atomic E-state index is 13.1. The van der Waals surface area contributed by atoms with E-state index in [2.05, 4.69) is 15.4 Å². The van der Waals surface area contributed by atoms with Crippen LogP contribution in [0.1, 0.15) is 16.2 Å². The zero-order valence-corrected chi connectivity index (χ0v) is 20.7. The summed E-state index contributed by atoms with van der Waals surface area (Å²) in [7, 11) is 0. The van der Waals surface area contributed by atoms with Crippen LogP contribution in [-0.4, -0.2) is 20.7 Å². The molecule has 1 N–H and O–H groups in total. The fourth-order valence-corrected chi connectivity index (χ4v) is 3.89. The lowest BCUT2D eigenvalue weighted by Crippen LogP contribution is -2.14. The third-order valence-electron chi connectivity index (χ3n) is 5.33. The molecular formula is C28H20Cl2N4O2. The SMILES string of the molecule is Cc1cccc(-c2nc(C(=O)Nc3ccc(Oc4ccccc4)cc3)nn2-c2ccc(Cl)c(Cl)c2)c1. The third kappa shape index (κ3) is 5.25. The van der Waals surface area contributed by atoms with Crippen LogP contribution in [-0.2, 0) is 0 Å². The summed E-state index contributed by atoms with van der Waals surface area (Å²) in [4.78, 5) is 17.6. The van der Waals surface area contributed by atoms with E-state index in [0.717, 1.165) is 16.9 Å². The van der Waals surface area contributed by atoms with Crippen molar-refractivity contribution in [2.75, 3.05) is 5.32 Å². The van der Waals surface area contributed by atoms with Gasteiger partial charge in [0.1, 0.15) is 11.5 Å². The molecule has 0 fully saturated rings. The van der Waals surface area contributed by atoms with Gasteiger partial charge in [-0.05, 0) is 67.6 Å². The minimum absolute atomic E-state index is 0.0159. The van der Waals surface area contributed by atoms with E-state index in [9.17, 15) is 4.79 Å². The van der Waals surface area contributed by atoms with Crippen molar-refractivity contribution in [3.8, 4) is 28.6 Å². The summed E-state index contributed by atoms with van der Waals surface area (Å²) in [6, 6.07) is 29.5. The van der Waals surface area contributed by atoms with Gasteiger partial charge in [-0.1, -0.05) is 65.2 Å². The van der Waals surface area contributed by atoms with E-state index in [1.165, 1.54) is 0 Å². The monoisotopic (exact) mass is 514 g/mol. The van der Waals surface area contributed by atoms with Crippen LogP contribution in [0.5, 0.6) is 11.5 Å². The predicted molar refractivity (Wildman–Crippen MR) is 142 cm³/mol. The third-order valence-corrected chi connectivity index (χ3v) is 6.06. The van der Waals surface area contributed by atoms with Crippen molar-refractivity contribution in [2.45, 2.75) is 6.92 Å². The molecule has 4 aromatic carbocycles. The van der Waals surface area contributed by atoms with Crippen LogP contribution in [0.4, 0.5) is 5.69 Å². The molecule has 0 aliphatic heterocycles. The van der Waals surface area contributed by atoms with Crippen LogP contribution < -0.4 is 10.1 Å². The Morgan fingerprint density at radius 3 is 2.31 bits per heavy atom. The number of nitrogens with one attached hydrogen (secondary N) is 1. The lowest BCUT2D eigenvalue weighted by atomic mass is 10.1. The van der Waals surface area contributed by atoms with E-state index < -0.39 is 5.91 Å². The number of anilines is 1. The molecule has 0 aliphatic carbocycles. The van der Waals surface area contributed by atoms with Gasteiger partial charge < -0.3 is 10.1 Å². The van der Waals surface area contributed by atoms with Crippen LogP contribution in [0.15, 0.2) is 97.1 Å². The van der Waals surface area contributed by atoms with Gasteiger partial charge in [-0.15, -0.1) is 5.10 Å². The molecule has 5 aromatic rings. The van der Waals surface area contributed by atoms with Gasteiger partial charge in [0.05, 0.1) is 15.7 Å². The molecule has 1 heterocycles. The molecule has 0 bridgehead atoms. The molecule has 36 heavy (non-hydrogen) atoms. The number of hydrogen-bond donors (Lipinski definition) is 1. The molecule has 0 spiro atoms. The summed E-state index contributed by atoms with van der Waals surface area (Å²) in [5, 5.41) is 8.14. The van der Waals surface area contributed by atoms with Gasteiger partial charge >= 0.3 is 0 Å². The molecule has 0 saturated heterocycles. The van der Waals surface area contributed by atoms with E-state index in [1.54, 1.807) is 47.1 Å². The molecule has 1 aromatic heterocycles. The van der Waals surface area contributed by atoms with Gasteiger partial charge in [0.15, 0.2) is 5.82 Å². The van der Waals surface area contributed by atoms with Crippen LogP contribution >= 0.6 is 23.2 Å². The Hall–Kier alpha value is -4.13. The van der Waals surface area contributed by atoms with E-state index in [-0.39, 0.29) is 5.82 Å². The Kier molecular flexibility index (Phi) is 6.71. The fraction of sp³-hybridized carbons (Fsp3) is 0.0357. The van der Waals surface area contributed by atoms with Gasteiger partial charge in [-0.3, -0.25) is 4.79 Å². The highest BCUT2D eigenvalue weighted by Crippen LogP contribution is 2.28. The zero-order chi connectivity index (χ0) is 25.1. The zero-order valence-electron chi connectivity index (χ0n) is 19.2. The van der Waals surface area contributed by atoms with E-state index in [1.807, 2.05) is 61.5 Å². The van der Waals surface area contributed by atoms with E-state index in [0.29, 0.717) is 33.0 Å². The summed E-state index contributed by atoms with van der Waals surface area (Å²) < 4.78 is 7.39. The van der Waals surface area contributed by atoms with E-state index in [4.69, 9.17) is 27.9 Å². The number of carbonyl (C=O) groups is 1. The number of rotatable bonds is 6. The van der Waals surface area contributed by atoms with Crippen molar-refractivity contribution in [2.24, 2.45) is 0 Å². The van der Waals surface area contributed by atoms with Crippen molar-refractivity contribution in [1.82, 2.24) is 14.8 Å². The van der Waals surface area contributed by atoms with Crippen LogP contribution in [0.2, 0.25) is 10.0 Å².